The van der Waals surface area contributed by atoms with Crippen molar-refractivity contribution in [2.45, 2.75) is 32.6 Å². The molecular formula is C13H19ClN2. The van der Waals surface area contributed by atoms with Crippen LogP contribution < -0.4 is 4.90 Å². The summed E-state index contributed by atoms with van der Waals surface area (Å²) in [6.45, 7) is 6.94. The second-order valence-electron chi connectivity index (χ2n) is 5.29. The molecule has 0 aromatic carbocycles. The number of aromatic nitrogens is 1. The molecular weight excluding hydrogens is 220 g/mol. The second-order valence-corrected chi connectivity index (χ2v) is 5.56. The number of hydrogen-bond donors (Lipinski definition) is 0. The van der Waals surface area contributed by atoms with Crippen LogP contribution in [-0.4, -0.2) is 18.1 Å². The molecule has 0 radical (unpaired) electrons. The molecule has 16 heavy (non-hydrogen) atoms. The smallest absolute Gasteiger partial charge is 0.0509 e. The lowest BCUT2D eigenvalue weighted by Gasteiger charge is -2.38. The zero-order chi connectivity index (χ0) is 11.6. The summed E-state index contributed by atoms with van der Waals surface area (Å²) in [7, 11) is 0. The van der Waals surface area contributed by atoms with Gasteiger partial charge in [0.05, 0.1) is 5.88 Å². The fourth-order valence-corrected chi connectivity index (χ4v) is 2.39. The van der Waals surface area contributed by atoms with Crippen molar-refractivity contribution in [3.8, 4) is 0 Å². The molecule has 0 unspecified atom stereocenters. The van der Waals surface area contributed by atoms with Gasteiger partial charge in [-0.15, -0.1) is 11.6 Å². The summed E-state index contributed by atoms with van der Waals surface area (Å²) < 4.78 is 0. The van der Waals surface area contributed by atoms with Gasteiger partial charge in [0.1, 0.15) is 0 Å². The molecule has 0 amide bonds. The van der Waals surface area contributed by atoms with Crippen molar-refractivity contribution in [2.24, 2.45) is 5.41 Å². The van der Waals surface area contributed by atoms with Gasteiger partial charge in [-0.05, 0) is 24.3 Å². The molecule has 0 bridgehead atoms. The van der Waals surface area contributed by atoms with Crippen LogP contribution in [0, 0.1) is 5.41 Å². The highest BCUT2D eigenvalue weighted by molar-refractivity contribution is 6.17. The summed E-state index contributed by atoms with van der Waals surface area (Å²) in [4.78, 5) is 6.56. The number of piperidine rings is 1. The zero-order valence-electron chi connectivity index (χ0n) is 10.0. The molecule has 0 saturated carbocycles. The minimum atomic E-state index is 0.491. The van der Waals surface area contributed by atoms with Crippen molar-refractivity contribution in [3.63, 3.8) is 0 Å². The highest BCUT2D eigenvalue weighted by Gasteiger charge is 2.26. The summed E-state index contributed by atoms with van der Waals surface area (Å²) in [5.74, 6) is 0.545. The van der Waals surface area contributed by atoms with Crippen molar-refractivity contribution in [2.75, 3.05) is 18.0 Å². The first-order chi connectivity index (χ1) is 7.62. The van der Waals surface area contributed by atoms with E-state index >= 15 is 0 Å². The number of halogens is 1. The highest BCUT2D eigenvalue weighted by atomic mass is 35.5. The lowest BCUT2D eigenvalue weighted by atomic mass is 9.82. The molecule has 2 heterocycles. The third-order valence-corrected chi connectivity index (χ3v) is 3.77. The maximum absolute atomic E-state index is 5.94. The molecule has 1 aromatic rings. The maximum Gasteiger partial charge on any atom is 0.0509 e. The molecule has 1 fully saturated rings. The number of alkyl halides is 1. The van der Waals surface area contributed by atoms with Gasteiger partial charge in [-0.3, -0.25) is 4.98 Å². The number of hydrogen-bond acceptors (Lipinski definition) is 2. The number of pyridine rings is 1. The van der Waals surface area contributed by atoms with E-state index in [0.717, 1.165) is 18.7 Å². The maximum atomic E-state index is 5.94. The van der Waals surface area contributed by atoms with E-state index in [2.05, 4.69) is 29.8 Å². The molecule has 88 valence electrons. The third kappa shape index (κ3) is 2.49. The largest absolute Gasteiger partial charge is 0.371 e. The van der Waals surface area contributed by atoms with Crippen LogP contribution in [0.5, 0.6) is 0 Å². The van der Waals surface area contributed by atoms with Crippen LogP contribution >= 0.6 is 11.6 Å². The van der Waals surface area contributed by atoms with Crippen LogP contribution in [0.2, 0.25) is 0 Å². The van der Waals surface area contributed by atoms with Gasteiger partial charge < -0.3 is 4.90 Å². The van der Waals surface area contributed by atoms with Gasteiger partial charge in [-0.1, -0.05) is 13.8 Å². The van der Waals surface area contributed by atoms with Crippen LogP contribution in [0.25, 0.3) is 0 Å². The average molecular weight is 239 g/mol. The monoisotopic (exact) mass is 238 g/mol. The minimum absolute atomic E-state index is 0.491. The normalized spacial score (nSPS) is 19.8. The van der Waals surface area contributed by atoms with E-state index in [9.17, 15) is 0 Å². The molecule has 0 N–H and O–H groups in total. The van der Waals surface area contributed by atoms with Crippen molar-refractivity contribution in [1.29, 1.82) is 0 Å². The Bertz CT molecular complexity index is 353. The summed E-state index contributed by atoms with van der Waals surface area (Å²) >= 11 is 5.94. The molecule has 0 spiro atoms. The number of nitrogens with zero attached hydrogens (tertiary/aromatic N) is 2. The molecule has 0 aliphatic carbocycles. The zero-order valence-corrected chi connectivity index (χ0v) is 10.8. The van der Waals surface area contributed by atoms with Gasteiger partial charge in [0.25, 0.3) is 0 Å². The highest BCUT2D eigenvalue weighted by Crippen LogP contribution is 2.33. The second kappa shape index (κ2) is 4.62. The Morgan fingerprint density at radius 2 is 2.06 bits per heavy atom. The SMILES string of the molecule is CC1(C)CCN(c2ccncc2CCl)CC1. The first-order valence-corrected chi connectivity index (χ1v) is 6.40. The molecule has 0 atom stereocenters. The molecule has 1 aliphatic rings. The molecule has 3 heteroatoms. The predicted octanol–water partition coefficient (Wildman–Crippen LogP) is 3.45. The van der Waals surface area contributed by atoms with Crippen LogP contribution in [0.3, 0.4) is 0 Å². The van der Waals surface area contributed by atoms with E-state index < -0.39 is 0 Å². The topological polar surface area (TPSA) is 16.1 Å². The lowest BCUT2D eigenvalue weighted by molar-refractivity contribution is 0.279. The van der Waals surface area contributed by atoms with Crippen LogP contribution in [0.1, 0.15) is 32.3 Å². The Morgan fingerprint density at radius 3 is 2.69 bits per heavy atom. The van der Waals surface area contributed by atoms with E-state index in [-0.39, 0.29) is 0 Å². The molecule has 1 aliphatic heterocycles. The Morgan fingerprint density at radius 1 is 1.38 bits per heavy atom. The Hall–Kier alpha value is -0.760. The predicted molar refractivity (Wildman–Crippen MR) is 69.0 cm³/mol. The molecule has 2 rings (SSSR count). The lowest BCUT2D eigenvalue weighted by Crippen LogP contribution is -2.37. The van der Waals surface area contributed by atoms with Gasteiger partial charge in [-0.25, -0.2) is 0 Å². The first kappa shape index (κ1) is 11.7. The van der Waals surface area contributed by atoms with Crippen molar-refractivity contribution in [1.82, 2.24) is 4.98 Å². The third-order valence-electron chi connectivity index (χ3n) is 3.48. The Kier molecular flexibility index (Phi) is 3.38. The standard InChI is InChI=1S/C13H19ClN2/c1-13(2)4-7-16(8-5-13)12-3-6-15-10-11(12)9-14/h3,6,10H,4-5,7-9H2,1-2H3. The summed E-state index contributed by atoms with van der Waals surface area (Å²) in [6, 6.07) is 2.08. The van der Waals surface area contributed by atoms with E-state index in [0.29, 0.717) is 11.3 Å². The van der Waals surface area contributed by atoms with Crippen LogP contribution in [-0.2, 0) is 5.88 Å². The molecule has 1 aromatic heterocycles. The fraction of sp³-hybridized carbons (Fsp3) is 0.615. The van der Waals surface area contributed by atoms with E-state index in [1.165, 1.54) is 18.5 Å². The summed E-state index contributed by atoms with van der Waals surface area (Å²) in [5, 5.41) is 0. The van der Waals surface area contributed by atoms with E-state index in [1.54, 1.807) is 0 Å². The number of anilines is 1. The molecule has 2 nitrogen and oxygen atoms in total. The summed E-state index contributed by atoms with van der Waals surface area (Å²) in [6.07, 6.45) is 6.22. The van der Waals surface area contributed by atoms with Gasteiger partial charge in [0.2, 0.25) is 0 Å². The summed E-state index contributed by atoms with van der Waals surface area (Å²) in [5.41, 5.74) is 2.90. The van der Waals surface area contributed by atoms with E-state index in [4.69, 9.17) is 11.6 Å². The van der Waals surface area contributed by atoms with Gasteiger partial charge in [-0.2, -0.15) is 0 Å². The first-order valence-electron chi connectivity index (χ1n) is 5.86. The average Bonchev–Trinajstić information content (AvgIpc) is 2.29. The van der Waals surface area contributed by atoms with Crippen LogP contribution in [0.4, 0.5) is 5.69 Å². The quantitative estimate of drug-likeness (QED) is 0.734. The Balaban J connectivity index is 2.14. The van der Waals surface area contributed by atoms with Crippen molar-refractivity contribution in [3.05, 3.63) is 24.0 Å². The minimum Gasteiger partial charge on any atom is -0.371 e. The molecule has 1 saturated heterocycles. The number of rotatable bonds is 2. The van der Waals surface area contributed by atoms with Crippen LogP contribution in [0.15, 0.2) is 18.5 Å². The van der Waals surface area contributed by atoms with Gasteiger partial charge >= 0.3 is 0 Å². The Labute approximate surface area is 103 Å². The van der Waals surface area contributed by atoms with Gasteiger partial charge in [0, 0.05) is 36.7 Å². The van der Waals surface area contributed by atoms with E-state index in [1.807, 2.05) is 12.4 Å². The fourth-order valence-electron chi connectivity index (χ4n) is 2.18. The van der Waals surface area contributed by atoms with Crippen molar-refractivity contribution >= 4 is 17.3 Å². The van der Waals surface area contributed by atoms with Crippen molar-refractivity contribution < 1.29 is 0 Å². The van der Waals surface area contributed by atoms with Gasteiger partial charge in [0.15, 0.2) is 0 Å².